The fourth-order valence-electron chi connectivity index (χ4n) is 3.16. The van der Waals surface area contributed by atoms with Crippen molar-refractivity contribution in [2.45, 2.75) is 6.18 Å². The van der Waals surface area contributed by atoms with Gasteiger partial charge in [-0.3, -0.25) is 19.9 Å². The Hall–Kier alpha value is -4.67. The van der Waals surface area contributed by atoms with Crippen molar-refractivity contribution in [2.75, 3.05) is 4.90 Å². The van der Waals surface area contributed by atoms with E-state index in [2.05, 4.69) is 15.2 Å². The molecule has 11 heteroatoms. The minimum atomic E-state index is -4.67. The van der Waals surface area contributed by atoms with E-state index in [1.165, 1.54) is 6.07 Å². The van der Waals surface area contributed by atoms with Crippen LogP contribution in [0.4, 0.5) is 40.7 Å². The van der Waals surface area contributed by atoms with E-state index in [1.54, 1.807) is 36.4 Å². The third-order valence-corrected chi connectivity index (χ3v) is 4.89. The predicted octanol–water partition coefficient (Wildman–Crippen LogP) is 5.72. The molecule has 0 unspecified atom stereocenters. The highest BCUT2D eigenvalue weighted by molar-refractivity contribution is 6.32. The molecule has 0 spiro atoms. The molecule has 4 amide bonds. The number of urea groups is 1. The number of barbiturate groups is 1. The molecule has 1 saturated heterocycles. The van der Waals surface area contributed by atoms with Gasteiger partial charge in [0.05, 0.1) is 28.3 Å². The first-order valence-corrected chi connectivity index (χ1v) is 10.2. The smallest absolute Gasteiger partial charge is 0.276 e. The van der Waals surface area contributed by atoms with Crippen LogP contribution in [0.5, 0.6) is 0 Å². The summed E-state index contributed by atoms with van der Waals surface area (Å²) in [4.78, 5) is 41.9. The summed E-state index contributed by atoms with van der Waals surface area (Å²) in [6.07, 6.45) is -3.64. The van der Waals surface area contributed by atoms with Gasteiger partial charge in [-0.15, -0.1) is 0 Å². The number of carbonyl (C=O) groups excluding carboxylic acids is 3. The molecule has 1 aliphatic rings. The molecule has 3 aromatic rings. The van der Waals surface area contributed by atoms with E-state index >= 15 is 0 Å². The average molecular weight is 479 g/mol. The highest BCUT2D eigenvalue weighted by Gasteiger charge is 2.41. The van der Waals surface area contributed by atoms with Crippen molar-refractivity contribution in [3.8, 4) is 0 Å². The molecular weight excluding hydrogens is 463 g/mol. The van der Waals surface area contributed by atoms with Crippen molar-refractivity contribution in [1.82, 2.24) is 5.32 Å². The molecule has 35 heavy (non-hydrogen) atoms. The maximum atomic E-state index is 13.0. The first kappa shape index (κ1) is 23.5. The molecule has 8 nitrogen and oxygen atoms in total. The van der Waals surface area contributed by atoms with Crippen molar-refractivity contribution in [1.29, 1.82) is 0 Å². The maximum absolute atomic E-state index is 13.0. The van der Waals surface area contributed by atoms with Crippen LogP contribution in [0.3, 0.4) is 0 Å². The van der Waals surface area contributed by atoms with E-state index < -0.39 is 35.5 Å². The second-order valence-electron chi connectivity index (χ2n) is 7.32. The molecule has 1 aliphatic heterocycles. The average Bonchev–Trinajstić information content (AvgIpc) is 2.83. The summed E-state index contributed by atoms with van der Waals surface area (Å²) in [7, 11) is 0. The Kier molecular flexibility index (Phi) is 6.49. The quantitative estimate of drug-likeness (QED) is 0.287. The van der Waals surface area contributed by atoms with Crippen LogP contribution in [0.25, 0.3) is 0 Å². The summed E-state index contributed by atoms with van der Waals surface area (Å²) in [6, 6.07) is 18.1. The van der Waals surface area contributed by atoms with Gasteiger partial charge in [0.2, 0.25) is 5.91 Å². The van der Waals surface area contributed by atoms with Crippen LogP contribution in [0.2, 0.25) is 0 Å². The lowest BCUT2D eigenvalue weighted by atomic mass is 10.1. The number of aliphatic imine (C=N–C) groups is 1. The van der Waals surface area contributed by atoms with Gasteiger partial charge in [0.25, 0.3) is 5.91 Å². The van der Waals surface area contributed by atoms with Gasteiger partial charge in [0.1, 0.15) is 0 Å². The molecule has 3 aromatic carbocycles. The van der Waals surface area contributed by atoms with Gasteiger partial charge in [-0.2, -0.15) is 23.4 Å². The lowest BCUT2D eigenvalue weighted by Crippen LogP contribution is -2.58. The lowest BCUT2D eigenvalue weighted by Gasteiger charge is -2.28. The Morgan fingerprint density at radius 3 is 2.09 bits per heavy atom. The maximum Gasteiger partial charge on any atom is 0.416 e. The number of amides is 4. The summed E-state index contributed by atoms with van der Waals surface area (Å²) in [5.74, 6) is -3.46. The zero-order valence-electron chi connectivity index (χ0n) is 17.8. The van der Waals surface area contributed by atoms with Crippen LogP contribution >= 0.6 is 0 Å². The van der Waals surface area contributed by atoms with E-state index in [0.29, 0.717) is 28.0 Å². The molecule has 0 aromatic heterocycles. The number of hydrogen-bond donors (Lipinski definition) is 1. The molecule has 0 aliphatic carbocycles. The summed E-state index contributed by atoms with van der Waals surface area (Å²) >= 11 is 0. The third kappa shape index (κ3) is 5.46. The summed E-state index contributed by atoms with van der Waals surface area (Å²) in [5, 5.41) is 10.2. The SMILES string of the molecule is O=C1NC(=O)N(c2cccc(C(F)(F)F)c2)C(=O)[C@H]1C=Nc1ccc(N=Nc2ccccc2)cc1. The zero-order chi connectivity index (χ0) is 25.0. The van der Waals surface area contributed by atoms with Crippen molar-refractivity contribution in [3.63, 3.8) is 0 Å². The Morgan fingerprint density at radius 1 is 0.800 bits per heavy atom. The van der Waals surface area contributed by atoms with E-state index in [-0.39, 0.29) is 5.69 Å². The molecule has 0 bridgehead atoms. The minimum Gasteiger partial charge on any atom is -0.276 e. The molecule has 1 N–H and O–H groups in total. The first-order chi connectivity index (χ1) is 16.7. The van der Waals surface area contributed by atoms with Gasteiger partial charge in [-0.05, 0) is 54.6 Å². The summed E-state index contributed by atoms with van der Waals surface area (Å²) in [6.45, 7) is 0. The summed E-state index contributed by atoms with van der Waals surface area (Å²) < 4.78 is 39.1. The Bertz CT molecular complexity index is 1320. The van der Waals surface area contributed by atoms with Gasteiger partial charge in [0, 0.05) is 6.21 Å². The van der Waals surface area contributed by atoms with Crippen LogP contribution in [-0.2, 0) is 15.8 Å². The first-order valence-electron chi connectivity index (χ1n) is 10.2. The number of imide groups is 2. The van der Waals surface area contributed by atoms with Crippen molar-refractivity contribution >= 4 is 46.8 Å². The Labute approximate surface area is 196 Å². The number of halogens is 3. The number of azo groups is 1. The second kappa shape index (κ2) is 9.67. The van der Waals surface area contributed by atoms with Crippen LogP contribution < -0.4 is 10.2 Å². The molecule has 0 radical (unpaired) electrons. The summed E-state index contributed by atoms with van der Waals surface area (Å²) in [5.41, 5.74) is 0.243. The van der Waals surface area contributed by atoms with Crippen LogP contribution in [-0.4, -0.2) is 24.1 Å². The van der Waals surface area contributed by atoms with Gasteiger partial charge >= 0.3 is 12.2 Å². The highest BCUT2D eigenvalue weighted by atomic mass is 19.4. The third-order valence-electron chi connectivity index (χ3n) is 4.89. The number of benzene rings is 3. The van der Waals surface area contributed by atoms with Crippen LogP contribution in [0.1, 0.15) is 5.56 Å². The van der Waals surface area contributed by atoms with E-state index in [0.717, 1.165) is 18.3 Å². The number of nitrogens with one attached hydrogen (secondary N) is 1. The monoisotopic (exact) mass is 479 g/mol. The van der Waals surface area contributed by atoms with E-state index in [9.17, 15) is 27.6 Å². The fraction of sp³-hybridized carbons (Fsp3) is 0.0833. The number of hydrogen-bond acceptors (Lipinski definition) is 6. The molecule has 1 fully saturated rings. The van der Waals surface area contributed by atoms with Crippen LogP contribution in [0.15, 0.2) is 94.1 Å². The second-order valence-corrected chi connectivity index (χ2v) is 7.32. The van der Waals surface area contributed by atoms with Crippen molar-refractivity contribution in [3.05, 3.63) is 84.4 Å². The Balaban J connectivity index is 1.51. The van der Waals surface area contributed by atoms with Crippen molar-refractivity contribution in [2.24, 2.45) is 21.1 Å². The molecule has 0 saturated carbocycles. The molecule has 176 valence electrons. The number of alkyl halides is 3. The molecule has 1 heterocycles. The van der Waals surface area contributed by atoms with Gasteiger partial charge < -0.3 is 0 Å². The minimum absolute atomic E-state index is 0.318. The number of carbonyl (C=O) groups is 3. The highest BCUT2D eigenvalue weighted by Crippen LogP contribution is 2.32. The topological polar surface area (TPSA) is 104 Å². The fourth-order valence-corrected chi connectivity index (χ4v) is 3.16. The van der Waals surface area contributed by atoms with Gasteiger partial charge in [0.15, 0.2) is 5.92 Å². The molecular formula is C24H16F3N5O3. The lowest BCUT2D eigenvalue weighted by molar-refractivity contribution is -0.138. The largest absolute Gasteiger partial charge is 0.416 e. The number of rotatable bonds is 5. The molecule has 4 rings (SSSR count). The van der Waals surface area contributed by atoms with Gasteiger partial charge in [-0.25, -0.2) is 9.69 Å². The standard InChI is InChI=1S/C24H16F3N5O3/c25-24(26,27)15-5-4-8-19(13-15)32-22(34)20(21(33)29-23(32)35)14-28-16-9-11-18(12-10-16)31-30-17-6-2-1-3-7-17/h1-14,20H,(H,29,33,35)/t20-/m0/s1. The van der Waals surface area contributed by atoms with Crippen LogP contribution in [0, 0.1) is 5.92 Å². The Morgan fingerprint density at radius 2 is 1.43 bits per heavy atom. The predicted molar refractivity (Wildman–Crippen MR) is 121 cm³/mol. The van der Waals surface area contributed by atoms with Crippen molar-refractivity contribution < 1.29 is 27.6 Å². The zero-order valence-corrected chi connectivity index (χ0v) is 17.8. The number of nitrogens with zero attached hydrogens (tertiary/aromatic N) is 4. The number of anilines is 1. The van der Waals surface area contributed by atoms with E-state index in [1.807, 2.05) is 23.5 Å². The molecule has 1 atom stereocenters. The normalized spacial score (nSPS) is 16.8. The van der Waals surface area contributed by atoms with Gasteiger partial charge in [-0.1, -0.05) is 24.3 Å². The van der Waals surface area contributed by atoms with E-state index in [4.69, 9.17) is 0 Å².